The Morgan fingerprint density at radius 3 is 2.16 bits per heavy atom. The highest BCUT2D eigenvalue weighted by atomic mass is 35.5. The zero-order valence-electron chi connectivity index (χ0n) is 20.2. The number of nitrogens with zero attached hydrogens (tertiary/aromatic N) is 1. The zero-order valence-corrected chi connectivity index (χ0v) is 21.7. The van der Waals surface area contributed by atoms with Crippen LogP contribution in [-0.4, -0.2) is 30.9 Å². The molecule has 2 N–H and O–H groups in total. The highest BCUT2D eigenvalue weighted by Gasteiger charge is 2.40. The summed E-state index contributed by atoms with van der Waals surface area (Å²) in [5, 5.41) is 5.74. The molecule has 4 rings (SSSR count). The first-order chi connectivity index (χ1) is 17.7. The molecule has 0 unspecified atom stereocenters. The van der Waals surface area contributed by atoms with Gasteiger partial charge < -0.3 is 20.1 Å². The monoisotopic (exact) mass is 539 g/mol. The number of amides is 3. The van der Waals surface area contributed by atoms with E-state index in [-0.39, 0.29) is 34.2 Å². The zero-order chi connectivity index (χ0) is 26.7. The largest absolute Gasteiger partial charge is 0.495 e. The smallest absolute Gasteiger partial charge is 0.283 e. The summed E-state index contributed by atoms with van der Waals surface area (Å²) in [6.45, 7) is 3.87. The number of nitrogens with one attached hydrogen (secondary N) is 2. The SMILES string of the molecule is COc1ccc(Cl)cc1N1C(=O)C(Cl)=C(Nc2ccc(C(=O)Nc3ccc(OC(C)C)cc3)cc2)C1=O. The van der Waals surface area contributed by atoms with Crippen molar-refractivity contribution in [2.75, 3.05) is 22.6 Å². The molecule has 0 aliphatic carbocycles. The first-order valence-electron chi connectivity index (χ1n) is 11.2. The second-order valence-electron chi connectivity index (χ2n) is 8.30. The van der Waals surface area contributed by atoms with E-state index < -0.39 is 11.8 Å². The van der Waals surface area contributed by atoms with Crippen molar-refractivity contribution in [2.45, 2.75) is 20.0 Å². The molecule has 0 spiro atoms. The molecular formula is C27H23Cl2N3O5. The van der Waals surface area contributed by atoms with Gasteiger partial charge in [-0.25, -0.2) is 4.90 Å². The summed E-state index contributed by atoms with van der Waals surface area (Å²) in [6.07, 6.45) is 0.0543. The molecule has 8 nitrogen and oxygen atoms in total. The van der Waals surface area contributed by atoms with Crippen LogP contribution < -0.4 is 25.0 Å². The Balaban J connectivity index is 1.45. The van der Waals surface area contributed by atoms with Gasteiger partial charge in [-0.05, 0) is 80.6 Å². The number of hydrogen-bond donors (Lipinski definition) is 2. The van der Waals surface area contributed by atoms with E-state index >= 15 is 0 Å². The third-order valence-corrected chi connectivity index (χ3v) is 5.90. The van der Waals surface area contributed by atoms with E-state index in [1.807, 2.05) is 13.8 Å². The lowest BCUT2D eigenvalue weighted by molar-refractivity contribution is -0.120. The Hall–Kier alpha value is -4.01. The molecule has 10 heteroatoms. The first-order valence-corrected chi connectivity index (χ1v) is 12.0. The minimum Gasteiger partial charge on any atom is -0.495 e. The second-order valence-corrected chi connectivity index (χ2v) is 9.11. The van der Waals surface area contributed by atoms with E-state index in [1.54, 1.807) is 60.7 Å². The Kier molecular flexibility index (Phi) is 7.71. The lowest BCUT2D eigenvalue weighted by Gasteiger charge is -2.18. The van der Waals surface area contributed by atoms with Gasteiger partial charge in [0.15, 0.2) is 0 Å². The highest BCUT2D eigenvalue weighted by molar-refractivity contribution is 6.53. The number of benzene rings is 3. The summed E-state index contributed by atoms with van der Waals surface area (Å²) in [5.74, 6) is -0.691. The van der Waals surface area contributed by atoms with E-state index in [1.165, 1.54) is 13.2 Å². The molecule has 3 amide bonds. The average Bonchev–Trinajstić information content (AvgIpc) is 3.08. The van der Waals surface area contributed by atoms with Crippen LogP contribution in [0.15, 0.2) is 77.5 Å². The summed E-state index contributed by atoms with van der Waals surface area (Å²) in [6, 6.07) is 18.0. The molecule has 0 radical (unpaired) electrons. The van der Waals surface area contributed by atoms with Crippen LogP contribution in [0.1, 0.15) is 24.2 Å². The van der Waals surface area contributed by atoms with Crippen molar-refractivity contribution in [2.24, 2.45) is 0 Å². The normalized spacial score (nSPS) is 13.3. The van der Waals surface area contributed by atoms with Crippen molar-refractivity contribution < 1.29 is 23.9 Å². The quantitative estimate of drug-likeness (QED) is 0.350. The predicted octanol–water partition coefficient (Wildman–Crippen LogP) is 5.82. The van der Waals surface area contributed by atoms with Crippen LogP contribution in [0.2, 0.25) is 5.02 Å². The summed E-state index contributed by atoms with van der Waals surface area (Å²) in [7, 11) is 1.42. The molecule has 1 aliphatic heterocycles. The lowest BCUT2D eigenvalue weighted by atomic mass is 10.2. The summed E-state index contributed by atoms with van der Waals surface area (Å²) >= 11 is 12.3. The van der Waals surface area contributed by atoms with Crippen molar-refractivity contribution in [3.05, 3.63) is 88.0 Å². The minimum atomic E-state index is -0.712. The third-order valence-electron chi connectivity index (χ3n) is 5.31. The number of rotatable bonds is 8. The van der Waals surface area contributed by atoms with Gasteiger partial charge in [-0.3, -0.25) is 14.4 Å². The van der Waals surface area contributed by atoms with Gasteiger partial charge in [0.1, 0.15) is 22.2 Å². The van der Waals surface area contributed by atoms with Gasteiger partial charge in [0.2, 0.25) is 0 Å². The summed E-state index contributed by atoms with van der Waals surface area (Å²) in [5.41, 5.74) is 1.55. The number of imide groups is 1. The second kappa shape index (κ2) is 10.9. The maximum Gasteiger partial charge on any atom is 0.283 e. The standard InChI is InChI=1S/C27H23Cl2N3O5/c1-15(2)37-20-11-9-19(10-12-20)31-25(33)16-4-7-18(8-5-16)30-24-23(29)26(34)32(27(24)35)21-14-17(28)6-13-22(21)36-3/h4-15,30H,1-3H3,(H,31,33). The fourth-order valence-corrected chi connectivity index (χ4v) is 3.99. The van der Waals surface area contributed by atoms with Crippen LogP contribution in [0.25, 0.3) is 0 Å². The van der Waals surface area contributed by atoms with Crippen molar-refractivity contribution in [1.29, 1.82) is 0 Å². The number of methoxy groups -OCH3 is 1. The third kappa shape index (κ3) is 5.71. The van der Waals surface area contributed by atoms with E-state index in [0.717, 1.165) is 4.90 Å². The molecule has 1 heterocycles. The van der Waals surface area contributed by atoms with Gasteiger partial charge in [0.05, 0.1) is 18.9 Å². The summed E-state index contributed by atoms with van der Waals surface area (Å²) in [4.78, 5) is 39.4. The number of carbonyl (C=O) groups excluding carboxylic acids is 3. The van der Waals surface area contributed by atoms with Gasteiger partial charge >= 0.3 is 0 Å². The molecular weight excluding hydrogens is 517 g/mol. The molecule has 190 valence electrons. The van der Waals surface area contributed by atoms with E-state index in [9.17, 15) is 14.4 Å². The van der Waals surface area contributed by atoms with Crippen LogP contribution in [0.4, 0.5) is 17.1 Å². The van der Waals surface area contributed by atoms with Crippen LogP contribution in [0.5, 0.6) is 11.5 Å². The van der Waals surface area contributed by atoms with Gasteiger partial charge in [0.25, 0.3) is 17.7 Å². The molecule has 3 aromatic carbocycles. The summed E-state index contributed by atoms with van der Waals surface area (Å²) < 4.78 is 10.9. The lowest BCUT2D eigenvalue weighted by Crippen LogP contribution is -2.32. The molecule has 0 saturated carbocycles. The Morgan fingerprint density at radius 2 is 1.54 bits per heavy atom. The van der Waals surface area contributed by atoms with Gasteiger partial charge in [-0.1, -0.05) is 23.2 Å². The molecule has 0 atom stereocenters. The molecule has 37 heavy (non-hydrogen) atoms. The number of carbonyl (C=O) groups is 3. The number of ether oxygens (including phenoxy) is 2. The molecule has 1 aliphatic rings. The fourth-order valence-electron chi connectivity index (χ4n) is 3.61. The maximum atomic E-state index is 13.1. The topological polar surface area (TPSA) is 97.0 Å². The van der Waals surface area contributed by atoms with E-state index in [4.69, 9.17) is 32.7 Å². The van der Waals surface area contributed by atoms with Crippen LogP contribution in [0, 0.1) is 0 Å². The van der Waals surface area contributed by atoms with Crippen molar-refractivity contribution in [3.8, 4) is 11.5 Å². The predicted molar refractivity (Wildman–Crippen MR) is 144 cm³/mol. The van der Waals surface area contributed by atoms with E-state index in [0.29, 0.717) is 27.7 Å². The van der Waals surface area contributed by atoms with Crippen molar-refractivity contribution >= 4 is 58.0 Å². The van der Waals surface area contributed by atoms with Gasteiger partial charge in [0, 0.05) is 22.0 Å². The molecule has 3 aromatic rings. The van der Waals surface area contributed by atoms with Crippen LogP contribution in [-0.2, 0) is 9.59 Å². The minimum absolute atomic E-state index is 0.0543. The number of hydrogen-bond acceptors (Lipinski definition) is 6. The van der Waals surface area contributed by atoms with Gasteiger partial charge in [-0.15, -0.1) is 0 Å². The van der Waals surface area contributed by atoms with Crippen LogP contribution >= 0.6 is 23.2 Å². The molecule has 0 saturated heterocycles. The number of anilines is 3. The Labute approximate surface area is 223 Å². The highest BCUT2D eigenvalue weighted by Crippen LogP contribution is 2.37. The molecule has 0 bridgehead atoms. The van der Waals surface area contributed by atoms with E-state index in [2.05, 4.69) is 10.6 Å². The molecule has 0 fully saturated rings. The van der Waals surface area contributed by atoms with Crippen molar-refractivity contribution in [1.82, 2.24) is 0 Å². The Bertz CT molecular complexity index is 1390. The number of halogens is 2. The van der Waals surface area contributed by atoms with Crippen LogP contribution in [0.3, 0.4) is 0 Å². The van der Waals surface area contributed by atoms with Crippen molar-refractivity contribution in [3.63, 3.8) is 0 Å². The maximum absolute atomic E-state index is 13.1. The fraction of sp³-hybridized carbons (Fsp3) is 0.148. The Morgan fingerprint density at radius 1 is 0.892 bits per heavy atom. The average molecular weight is 540 g/mol. The molecule has 0 aromatic heterocycles. The first kappa shape index (κ1) is 26.1. The van der Waals surface area contributed by atoms with Gasteiger partial charge in [-0.2, -0.15) is 0 Å².